The third-order valence-electron chi connectivity index (χ3n) is 6.53. The molecule has 1 amide bonds. The van der Waals surface area contributed by atoms with Crippen LogP contribution in [0.4, 0.5) is 11.5 Å². The van der Waals surface area contributed by atoms with Gasteiger partial charge < -0.3 is 24.4 Å². The van der Waals surface area contributed by atoms with Gasteiger partial charge in [-0.3, -0.25) is 14.9 Å². The van der Waals surface area contributed by atoms with Gasteiger partial charge in [0.1, 0.15) is 12.4 Å². The Balaban J connectivity index is 1.55. The van der Waals surface area contributed by atoms with Crippen molar-refractivity contribution in [1.29, 1.82) is 5.26 Å². The van der Waals surface area contributed by atoms with E-state index in [9.17, 15) is 20.2 Å². The number of carbonyl (C=O) groups is 1. The Morgan fingerprint density at radius 1 is 0.891 bits per heavy atom. The average Bonchev–Trinajstić information content (AvgIpc) is 3.07. The third-order valence-corrected chi connectivity index (χ3v) is 6.53. The van der Waals surface area contributed by atoms with E-state index in [2.05, 4.69) is 15.3 Å². The molecule has 0 atom stereocenters. The van der Waals surface area contributed by atoms with Gasteiger partial charge >= 0.3 is 17.6 Å². The van der Waals surface area contributed by atoms with Crippen LogP contribution in [0.25, 0.3) is 0 Å². The van der Waals surface area contributed by atoms with Crippen LogP contribution in [0.15, 0.2) is 103 Å². The first-order valence-corrected chi connectivity index (χ1v) is 14.0. The summed E-state index contributed by atoms with van der Waals surface area (Å²) in [4.78, 5) is 34.3. The number of rotatable bonds is 12. The van der Waals surface area contributed by atoms with Crippen LogP contribution in [0.3, 0.4) is 0 Å². The smallest absolute Gasteiger partial charge is 0.373 e. The summed E-state index contributed by atoms with van der Waals surface area (Å²) < 4.78 is 17.9. The number of amides is 1. The van der Waals surface area contributed by atoms with Crippen molar-refractivity contribution >= 4 is 17.4 Å². The minimum absolute atomic E-state index is 0.0234. The molecule has 230 valence electrons. The maximum atomic E-state index is 12.5. The van der Waals surface area contributed by atoms with Crippen molar-refractivity contribution in [3.05, 3.63) is 135 Å². The summed E-state index contributed by atoms with van der Waals surface area (Å²) in [6.07, 6.45) is 0. The van der Waals surface area contributed by atoms with Crippen molar-refractivity contribution in [3.8, 4) is 35.2 Å². The van der Waals surface area contributed by atoms with E-state index in [1.54, 1.807) is 44.4 Å². The molecule has 1 aromatic heterocycles. The van der Waals surface area contributed by atoms with Crippen molar-refractivity contribution < 1.29 is 23.9 Å². The first-order valence-electron chi connectivity index (χ1n) is 14.0. The molecule has 0 aliphatic carbocycles. The molecule has 0 unspecified atom stereocenters. The van der Waals surface area contributed by atoms with Gasteiger partial charge in [0.05, 0.1) is 16.6 Å². The lowest BCUT2D eigenvalue weighted by Gasteiger charge is -2.15. The summed E-state index contributed by atoms with van der Waals surface area (Å²) in [6.45, 7) is 0.370. The zero-order valence-electron chi connectivity index (χ0n) is 24.9. The Morgan fingerprint density at radius 2 is 1.61 bits per heavy atom. The highest BCUT2D eigenvalue weighted by molar-refractivity contribution is 5.94. The summed E-state index contributed by atoms with van der Waals surface area (Å²) in [5, 5.41) is 25.0. The zero-order chi connectivity index (χ0) is 32.5. The number of benzene rings is 4. The number of nitrogens with zero attached hydrogens (tertiary/aromatic N) is 5. The number of nitrogens with one attached hydrogen (secondary N) is 1. The van der Waals surface area contributed by atoms with Gasteiger partial charge in [0.15, 0.2) is 11.5 Å². The number of ether oxygens (including phenoxy) is 3. The van der Waals surface area contributed by atoms with E-state index >= 15 is 0 Å². The van der Waals surface area contributed by atoms with Crippen LogP contribution in [0.5, 0.6) is 29.1 Å². The molecule has 0 aliphatic heterocycles. The largest absolute Gasteiger partial charge is 0.485 e. The summed E-state index contributed by atoms with van der Waals surface area (Å²) >= 11 is 0. The van der Waals surface area contributed by atoms with E-state index in [1.165, 1.54) is 17.0 Å². The van der Waals surface area contributed by atoms with Crippen LogP contribution in [-0.4, -0.2) is 39.8 Å². The minimum Gasteiger partial charge on any atom is -0.485 e. The number of aromatic nitrogens is 2. The van der Waals surface area contributed by atoms with Gasteiger partial charge in [-0.05, 0) is 41.5 Å². The molecule has 5 aromatic rings. The van der Waals surface area contributed by atoms with Crippen LogP contribution in [0.1, 0.15) is 27.0 Å². The molecular formula is C34H28N6O6. The van der Waals surface area contributed by atoms with Crippen molar-refractivity contribution in [1.82, 2.24) is 14.9 Å². The molecule has 0 aliphatic rings. The monoisotopic (exact) mass is 616 g/mol. The Hall–Kier alpha value is -6.48. The highest BCUT2D eigenvalue weighted by Gasteiger charge is 2.29. The second-order valence-electron chi connectivity index (χ2n) is 10.1. The molecule has 12 nitrogen and oxygen atoms in total. The Morgan fingerprint density at radius 3 is 2.28 bits per heavy atom. The lowest BCUT2D eigenvalue weighted by Crippen LogP contribution is -2.21. The Bertz CT molecular complexity index is 1890. The van der Waals surface area contributed by atoms with Crippen molar-refractivity contribution in [2.45, 2.75) is 13.2 Å². The average molecular weight is 617 g/mol. The molecule has 46 heavy (non-hydrogen) atoms. The van der Waals surface area contributed by atoms with E-state index in [0.717, 1.165) is 11.1 Å². The first kappa shape index (κ1) is 31.0. The zero-order valence-corrected chi connectivity index (χ0v) is 24.9. The van der Waals surface area contributed by atoms with Gasteiger partial charge in [0, 0.05) is 32.3 Å². The van der Waals surface area contributed by atoms with Gasteiger partial charge in [-0.2, -0.15) is 15.2 Å². The molecule has 0 bridgehead atoms. The molecule has 0 spiro atoms. The molecule has 0 fully saturated rings. The standard InChI is InChI=1S/C34H28N6O6/c1-39(2)33(41)26-14-9-15-27(19-26)45-34-37-31(36-21-23-10-5-3-6-11-23)30(40(42)43)32(38-34)46-29-18-25(20-35)16-17-28(29)44-22-24-12-7-4-8-13-24/h3-19H,21-22H2,1-2H3,(H,36,37,38). The number of nitro groups is 1. The molecule has 0 radical (unpaired) electrons. The normalized spacial score (nSPS) is 10.4. The molecule has 4 aromatic carbocycles. The van der Waals surface area contributed by atoms with Crippen molar-refractivity contribution in [2.24, 2.45) is 0 Å². The van der Waals surface area contributed by atoms with Crippen molar-refractivity contribution in [3.63, 3.8) is 0 Å². The highest BCUT2D eigenvalue weighted by Crippen LogP contribution is 2.41. The number of anilines is 1. The van der Waals surface area contributed by atoms with Gasteiger partial charge in [0.2, 0.25) is 5.82 Å². The number of nitriles is 1. The number of hydrogen-bond acceptors (Lipinski definition) is 10. The molecular weight excluding hydrogens is 588 g/mol. The van der Waals surface area contributed by atoms with E-state index in [-0.39, 0.29) is 53.7 Å². The van der Waals surface area contributed by atoms with Crippen LogP contribution in [0, 0.1) is 21.4 Å². The lowest BCUT2D eigenvalue weighted by atomic mass is 10.2. The van der Waals surface area contributed by atoms with Gasteiger partial charge in [-0.25, -0.2) is 0 Å². The molecule has 12 heteroatoms. The Kier molecular flexibility index (Phi) is 9.64. The highest BCUT2D eigenvalue weighted by atomic mass is 16.6. The maximum absolute atomic E-state index is 12.5. The molecule has 5 rings (SSSR count). The number of carbonyl (C=O) groups excluding carboxylic acids is 1. The summed E-state index contributed by atoms with van der Waals surface area (Å²) in [6, 6.07) is 31.3. The third kappa shape index (κ3) is 7.72. The molecule has 0 saturated carbocycles. The fraction of sp³-hybridized carbons (Fsp3) is 0.118. The van der Waals surface area contributed by atoms with E-state index in [4.69, 9.17) is 14.2 Å². The fourth-order valence-electron chi connectivity index (χ4n) is 4.27. The molecule has 0 saturated heterocycles. The van der Waals surface area contributed by atoms with Crippen LogP contribution in [-0.2, 0) is 13.2 Å². The van der Waals surface area contributed by atoms with E-state index in [1.807, 2.05) is 66.7 Å². The predicted molar refractivity (Wildman–Crippen MR) is 169 cm³/mol. The summed E-state index contributed by atoms with van der Waals surface area (Å²) in [5.41, 5.74) is 1.76. The summed E-state index contributed by atoms with van der Waals surface area (Å²) in [7, 11) is 3.26. The predicted octanol–water partition coefficient (Wildman–Crippen LogP) is 6.73. The minimum atomic E-state index is -0.665. The molecule has 1 heterocycles. The maximum Gasteiger partial charge on any atom is 0.373 e. The second kappa shape index (κ2) is 14.3. The molecule has 1 N–H and O–H groups in total. The van der Waals surface area contributed by atoms with E-state index < -0.39 is 16.5 Å². The van der Waals surface area contributed by atoms with Gasteiger partial charge in [-0.15, -0.1) is 0 Å². The van der Waals surface area contributed by atoms with Crippen LogP contribution in [0.2, 0.25) is 0 Å². The second-order valence-corrected chi connectivity index (χ2v) is 10.1. The SMILES string of the molecule is CN(C)C(=O)c1cccc(Oc2nc(NCc3ccccc3)c([N+](=O)[O-])c(Oc3cc(C#N)ccc3OCc3ccccc3)n2)c1. The lowest BCUT2D eigenvalue weighted by molar-refractivity contribution is -0.385. The van der Waals surface area contributed by atoms with Gasteiger partial charge in [-0.1, -0.05) is 66.7 Å². The van der Waals surface area contributed by atoms with Crippen molar-refractivity contribution in [2.75, 3.05) is 19.4 Å². The topological polar surface area (TPSA) is 153 Å². The first-order chi connectivity index (χ1) is 22.3. The Labute approximate surface area is 264 Å². The summed E-state index contributed by atoms with van der Waals surface area (Å²) in [5.74, 6) is -0.393. The quantitative estimate of drug-likeness (QED) is 0.118. The van der Waals surface area contributed by atoms with E-state index in [0.29, 0.717) is 5.56 Å². The fourth-order valence-corrected chi connectivity index (χ4v) is 4.27. The van der Waals surface area contributed by atoms with Gasteiger partial charge in [0.25, 0.3) is 5.91 Å². The van der Waals surface area contributed by atoms with Crippen LogP contribution < -0.4 is 19.5 Å². The van der Waals surface area contributed by atoms with Crippen LogP contribution >= 0.6 is 0 Å². The number of hydrogen-bond donors (Lipinski definition) is 1.